The highest BCUT2D eigenvalue weighted by Gasteiger charge is 2.38. The second kappa shape index (κ2) is 8.30. The molecule has 3 aromatic carbocycles. The lowest BCUT2D eigenvalue weighted by Gasteiger charge is -2.26. The number of ketones is 1. The Bertz CT molecular complexity index is 1380. The zero-order valence-electron chi connectivity index (χ0n) is 18.2. The first-order valence-corrected chi connectivity index (χ1v) is 10.4. The monoisotopic (exact) mass is 464 g/mol. The molecule has 0 saturated heterocycles. The van der Waals surface area contributed by atoms with E-state index in [0.29, 0.717) is 28.2 Å². The number of hydrogen-bond donors (Lipinski definition) is 0. The van der Waals surface area contributed by atoms with Crippen molar-refractivity contribution in [3.05, 3.63) is 88.2 Å². The molecule has 1 unspecified atom stereocenters. The Morgan fingerprint density at radius 1 is 0.971 bits per heavy atom. The van der Waals surface area contributed by atoms with Crippen LogP contribution in [0, 0.1) is 11.6 Å². The molecule has 3 aromatic rings. The molecule has 0 aromatic heterocycles. The van der Waals surface area contributed by atoms with Crippen LogP contribution in [-0.4, -0.2) is 26.0 Å². The molecule has 0 aliphatic carbocycles. The molecule has 34 heavy (non-hydrogen) atoms. The van der Waals surface area contributed by atoms with Crippen molar-refractivity contribution in [2.24, 2.45) is 0 Å². The predicted octanol–water partition coefficient (Wildman–Crippen LogP) is 5.04. The Hall–Kier alpha value is -4.20. The maximum Gasteiger partial charge on any atom is 0.312 e. The number of para-hydroxylation sites is 1. The number of methoxy groups -OCH3 is 2. The summed E-state index contributed by atoms with van der Waals surface area (Å²) in [7, 11) is 3.00. The average Bonchev–Trinajstić information content (AvgIpc) is 3.15. The predicted molar refractivity (Wildman–Crippen MR) is 117 cm³/mol. The highest BCUT2D eigenvalue weighted by atomic mass is 19.2. The second-order valence-electron chi connectivity index (χ2n) is 7.78. The van der Waals surface area contributed by atoms with Crippen LogP contribution in [0.2, 0.25) is 0 Å². The fourth-order valence-electron chi connectivity index (χ4n) is 4.29. The standard InChI is InChI=1S/C26H18F2O6/c1-31-20-5-3-4-14(25(20)32-2)11-21-24(30)15-7-9-19-23(26(15)34-21)16(12-22(29)33-19)13-6-8-17(27)18(28)10-13/h3-11,16H,12H2,1-2H3/b21-11-. The smallest absolute Gasteiger partial charge is 0.312 e. The highest BCUT2D eigenvalue weighted by molar-refractivity contribution is 6.15. The summed E-state index contributed by atoms with van der Waals surface area (Å²) in [6.45, 7) is 0. The first-order chi connectivity index (χ1) is 16.4. The average molecular weight is 464 g/mol. The largest absolute Gasteiger partial charge is 0.493 e. The number of hydrogen-bond acceptors (Lipinski definition) is 6. The van der Waals surface area contributed by atoms with E-state index < -0.39 is 23.5 Å². The lowest BCUT2D eigenvalue weighted by Crippen LogP contribution is -2.21. The van der Waals surface area contributed by atoms with Crippen LogP contribution >= 0.6 is 0 Å². The first-order valence-electron chi connectivity index (χ1n) is 10.4. The maximum atomic E-state index is 14.0. The van der Waals surface area contributed by atoms with E-state index in [2.05, 4.69) is 0 Å². The summed E-state index contributed by atoms with van der Waals surface area (Å²) in [5, 5.41) is 0. The van der Waals surface area contributed by atoms with Gasteiger partial charge < -0.3 is 18.9 Å². The number of ether oxygens (including phenoxy) is 4. The fourth-order valence-corrected chi connectivity index (χ4v) is 4.29. The minimum absolute atomic E-state index is 0.0379. The number of Topliss-reactive ketones (excluding diaryl/α,β-unsaturated/α-hetero) is 1. The lowest BCUT2D eigenvalue weighted by molar-refractivity contribution is -0.135. The Morgan fingerprint density at radius 3 is 2.53 bits per heavy atom. The molecule has 6 nitrogen and oxygen atoms in total. The Kier molecular flexibility index (Phi) is 5.28. The van der Waals surface area contributed by atoms with Crippen LogP contribution in [-0.2, 0) is 4.79 Å². The molecule has 172 valence electrons. The minimum atomic E-state index is -1.03. The molecule has 5 rings (SSSR count). The third-order valence-electron chi connectivity index (χ3n) is 5.85. The summed E-state index contributed by atoms with van der Waals surface area (Å²) < 4.78 is 49.6. The van der Waals surface area contributed by atoms with Gasteiger partial charge in [0.15, 0.2) is 28.9 Å². The maximum absolute atomic E-state index is 14.0. The topological polar surface area (TPSA) is 71.1 Å². The van der Waals surface area contributed by atoms with E-state index in [1.54, 1.807) is 18.2 Å². The summed E-state index contributed by atoms with van der Waals surface area (Å²) in [6.07, 6.45) is 1.42. The van der Waals surface area contributed by atoms with Gasteiger partial charge in [0.25, 0.3) is 0 Å². The van der Waals surface area contributed by atoms with Gasteiger partial charge in [-0.05, 0) is 42.0 Å². The van der Waals surface area contributed by atoms with Crippen LogP contribution < -0.4 is 18.9 Å². The van der Waals surface area contributed by atoms with Crippen molar-refractivity contribution in [2.75, 3.05) is 14.2 Å². The lowest BCUT2D eigenvalue weighted by atomic mass is 9.84. The van der Waals surface area contributed by atoms with Gasteiger partial charge in [-0.15, -0.1) is 0 Å². The molecule has 0 fully saturated rings. The van der Waals surface area contributed by atoms with Crippen LogP contribution in [0.5, 0.6) is 23.0 Å². The van der Waals surface area contributed by atoms with Crippen molar-refractivity contribution < 1.29 is 37.3 Å². The molecule has 2 heterocycles. The van der Waals surface area contributed by atoms with Crippen LogP contribution in [0.25, 0.3) is 6.08 Å². The van der Waals surface area contributed by atoms with E-state index in [-0.39, 0.29) is 35.0 Å². The molecule has 0 spiro atoms. The van der Waals surface area contributed by atoms with Crippen LogP contribution in [0.1, 0.15) is 39.4 Å². The molecule has 8 heteroatoms. The van der Waals surface area contributed by atoms with E-state index in [1.165, 1.54) is 38.5 Å². The third-order valence-corrected chi connectivity index (χ3v) is 5.85. The van der Waals surface area contributed by atoms with Crippen molar-refractivity contribution >= 4 is 17.8 Å². The van der Waals surface area contributed by atoms with Gasteiger partial charge in [0.05, 0.1) is 26.2 Å². The zero-order valence-corrected chi connectivity index (χ0v) is 18.2. The minimum Gasteiger partial charge on any atom is -0.493 e. The van der Waals surface area contributed by atoms with E-state index >= 15 is 0 Å². The van der Waals surface area contributed by atoms with Gasteiger partial charge in [-0.3, -0.25) is 9.59 Å². The Morgan fingerprint density at radius 2 is 1.79 bits per heavy atom. The quantitative estimate of drug-likeness (QED) is 0.306. The molecule has 0 bridgehead atoms. The molecule has 0 saturated carbocycles. The molecular formula is C26H18F2O6. The van der Waals surface area contributed by atoms with Gasteiger partial charge in [0, 0.05) is 17.0 Å². The second-order valence-corrected chi connectivity index (χ2v) is 7.78. The molecule has 0 radical (unpaired) electrons. The van der Waals surface area contributed by atoms with Crippen molar-refractivity contribution in [3.8, 4) is 23.0 Å². The summed E-state index contributed by atoms with van der Waals surface area (Å²) in [5.41, 5.74) is 1.64. The van der Waals surface area contributed by atoms with Gasteiger partial charge in [0.1, 0.15) is 11.5 Å². The van der Waals surface area contributed by atoms with Gasteiger partial charge in [-0.2, -0.15) is 0 Å². The van der Waals surface area contributed by atoms with Crippen LogP contribution in [0.3, 0.4) is 0 Å². The molecule has 2 aliphatic rings. The van der Waals surface area contributed by atoms with E-state index in [0.717, 1.165) is 12.1 Å². The number of fused-ring (bicyclic) bond motifs is 3. The van der Waals surface area contributed by atoms with Crippen molar-refractivity contribution in [3.63, 3.8) is 0 Å². The van der Waals surface area contributed by atoms with Crippen molar-refractivity contribution in [2.45, 2.75) is 12.3 Å². The first kappa shape index (κ1) is 21.6. The summed E-state index contributed by atoms with van der Waals surface area (Å²) in [6, 6.07) is 11.7. The van der Waals surface area contributed by atoms with E-state index in [4.69, 9.17) is 18.9 Å². The molecular weight excluding hydrogens is 446 g/mol. The zero-order chi connectivity index (χ0) is 24.0. The number of carbonyl (C=O) groups is 2. The van der Waals surface area contributed by atoms with Crippen LogP contribution in [0.15, 0.2) is 54.3 Å². The molecule has 2 aliphatic heterocycles. The molecule has 1 atom stereocenters. The summed E-state index contributed by atoms with van der Waals surface area (Å²) in [5.74, 6) is -2.22. The number of rotatable bonds is 4. The van der Waals surface area contributed by atoms with E-state index in [9.17, 15) is 18.4 Å². The fraction of sp³-hybridized carbons (Fsp3) is 0.154. The molecule has 0 N–H and O–H groups in total. The summed E-state index contributed by atoms with van der Waals surface area (Å²) >= 11 is 0. The van der Waals surface area contributed by atoms with Gasteiger partial charge >= 0.3 is 5.97 Å². The number of carbonyl (C=O) groups excluding carboxylic acids is 2. The Balaban J connectivity index is 1.62. The number of allylic oxidation sites excluding steroid dienone is 1. The van der Waals surface area contributed by atoms with Crippen LogP contribution in [0.4, 0.5) is 8.78 Å². The number of benzene rings is 3. The van der Waals surface area contributed by atoms with Gasteiger partial charge in [0.2, 0.25) is 5.78 Å². The Labute approximate surface area is 193 Å². The van der Waals surface area contributed by atoms with Gasteiger partial charge in [-0.1, -0.05) is 18.2 Å². The SMILES string of the molecule is COc1cccc(/C=C2\Oc3c(ccc4c3C(c3ccc(F)c(F)c3)CC(=O)O4)C2=O)c1OC. The van der Waals surface area contributed by atoms with Crippen molar-refractivity contribution in [1.29, 1.82) is 0 Å². The normalized spacial score (nSPS) is 17.6. The molecule has 0 amide bonds. The van der Waals surface area contributed by atoms with E-state index in [1.807, 2.05) is 0 Å². The third kappa shape index (κ3) is 3.48. The van der Waals surface area contributed by atoms with Crippen molar-refractivity contribution in [1.82, 2.24) is 0 Å². The highest BCUT2D eigenvalue weighted by Crippen LogP contribution is 2.49. The van der Waals surface area contributed by atoms with Gasteiger partial charge in [-0.25, -0.2) is 8.78 Å². The number of halogens is 2. The number of esters is 1. The summed E-state index contributed by atoms with van der Waals surface area (Å²) in [4.78, 5) is 25.4.